The lowest BCUT2D eigenvalue weighted by molar-refractivity contribution is -0.201. The number of amides is 5. The molecule has 1 N–H and O–H groups in total. The Bertz CT molecular complexity index is 931. The molecular formula is C23H31N3O9S. The number of likely N-dealkylation sites (N-methyl/N-ethyl adjacent to an activating group) is 1. The molecule has 0 radical (unpaired) electrons. The van der Waals surface area contributed by atoms with E-state index >= 15 is 0 Å². The molecule has 0 aromatic carbocycles. The van der Waals surface area contributed by atoms with Gasteiger partial charge in [0.1, 0.15) is 6.04 Å². The molecule has 2 aliphatic heterocycles. The van der Waals surface area contributed by atoms with Gasteiger partial charge >= 0.3 is 11.9 Å². The van der Waals surface area contributed by atoms with Crippen molar-refractivity contribution in [2.24, 2.45) is 11.8 Å². The Hall–Kier alpha value is -2.96. The number of aliphatic carboxylic acids is 1. The largest absolute Gasteiger partial charge is 0.480 e. The van der Waals surface area contributed by atoms with Crippen molar-refractivity contribution in [2.75, 3.05) is 19.3 Å². The summed E-state index contributed by atoms with van der Waals surface area (Å²) in [6, 6.07) is -0.949. The molecule has 5 amide bonds. The van der Waals surface area contributed by atoms with E-state index in [1.165, 1.54) is 30.6 Å². The average molecular weight is 526 g/mol. The van der Waals surface area contributed by atoms with Gasteiger partial charge in [-0.25, -0.2) is 9.59 Å². The first-order chi connectivity index (χ1) is 17.0. The number of thioether (sulfide) groups is 1. The summed E-state index contributed by atoms with van der Waals surface area (Å²) in [6.07, 6.45) is 2.32. The Balaban J connectivity index is 1.41. The molecule has 1 saturated carbocycles. The number of carbonyl (C=O) groups is 7. The van der Waals surface area contributed by atoms with Crippen LogP contribution in [-0.4, -0.2) is 92.1 Å². The van der Waals surface area contributed by atoms with E-state index in [0.717, 1.165) is 4.90 Å². The highest BCUT2D eigenvalue weighted by molar-refractivity contribution is 8.00. The van der Waals surface area contributed by atoms with Crippen molar-refractivity contribution in [2.45, 2.75) is 69.6 Å². The van der Waals surface area contributed by atoms with Gasteiger partial charge in [0.05, 0.1) is 11.2 Å². The molecule has 13 heteroatoms. The van der Waals surface area contributed by atoms with Gasteiger partial charge in [0, 0.05) is 45.0 Å². The van der Waals surface area contributed by atoms with Crippen LogP contribution in [0.25, 0.3) is 0 Å². The zero-order valence-corrected chi connectivity index (χ0v) is 21.2. The predicted octanol–water partition coefficient (Wildman–Crippen LogP) is 0.582. The first-order valence-electron chi connectivity index (χ1n) is 12.0. The molecule has 3 fully saturated rings. The maximum absolute atomic E-state index is 12.8. The number of hydroxylamine groups is 2. The molecule has 0 aromatic rings. The Morgan fingerprint density at radius 1 is 1.06 bits per heavy atom. The normalized spacial score (nSPS) is 25.3. The van der Waals surface area contributed by atoms with Crippen LogP contribution in [0.1, 0.15) is 58.3 Å². The number of hydrogen-bond donors (Lipinski definition) is 1. The van der Waals surface area contributed by atoms with Crippen LogP contribution < -0.4 is 0 Å². The number of nitrogens with zero attached hydrogens (tertiary/aromatic N) is 3. The third-order valence-corrected chi connectivity index (χ3v) is 8.19. The third kappa shape index (κ3) is 6.42. The van der Waals surface area contributed by atoms with Crippen molar-refractivity contribution in [3.8, 4) is 0 Å². The summed E-state index contributed by atoms with van der Waals surface area (Å²) in [5, 5.41) is 8.98. The fourth-order valence-electron chi connectivity index (χ4n) is 4.48. The summed E-state index contributed by atoms with van der Waals surface area (Å²) in [7, 11) is 1.41. The SMILES string of the molecule is C[C@@H](C(=O)O)N(C)C(=O)CCSC1CC(=O)N(CC2CCC(C(=O)ON3C(=O)CCC3=O)CC2)C1=O. The van der Waals surface area contributed by atoms with Crippen LogP contribution in [0, 0.1) is 11.8 Å². The fraction of sp³-hybridized carbons (Fsp3) is 0.696. The monoisotopic (exact) mass is 525 g/mol. The number of imide groups is 2. The predicted molar refractivity (Wildman–Crippen MR) is 125 cm³/mol. The zero-order valence-electron chi connectivity index (χ0n) is 20.3. The zero-order chi connectivity index (χ0) is 26.6. The van der Waals surface area contributed by atoms with Crippen LogP contribution in [0.15, 0.2) is 0 Å². The summed E-state index contributed by atoms with van der Waals surface area (Å²) in [6.45, 7) is 1.67. The van der Waals surface area contributed by atoms with E-state index in [1.54, 1.807) is 0 Å². The van der Waals surface area contributed by atoms with Gasteiger partial charge in [-0.3, -0.25) is 28.9 Å². The molecule has 3 aliphatic rings. The highest BCUT2D eigenvalue weighted by atomic mass is 32.2. The molecule has 12 nitrogen and oxygen atoms in total. The first-order valence-corrected chi connectivity index (χ1v) is 13.1. The number of hydrogen-bond acceptors (Lipinski definition) is 9. The van der Waals surface area contributed by atoms with Crippen LogP contribution in [0.2, 0.25) is 0 Å². The minimum Gasteiger partial charge on any atom is -0.480 e. The second-order valence-corrected chi connectivity index (χ2v) is 10.7. The summed E-state index contributed by atoms with van der Waals surface area (Å²) in [5.41, 5.74) is 0. The highest BCUT2D eigenvalue weighted by Gasteiger charge is 2.41. The van der Waals surface area contributed by atoms with Crippen LogP contribution in [-0.2, 0) is 38.4 Å². The van der Waals surface area contributed by atoms with Gasteiger partial charge in [-0.15, -0.1) is 16.8 Å². The van der Waals surface area contributed by atoms with Crippen LogP contribution >= 0.6 is 11.8 Å². The third-order valence-electron chi connectivity index (χ3n) is 6.98. The van der Waals surface area contributed by atoms with E-state index in [1.807, 2.05) is 0 Å². The van der Waals surface area contributed by atoms with Gasteiger partial charge in [-0.05, 0) is 38.5 Å². The van der Waals surface area contributed by atoms with E-state index in [4.69, 9.17) is 9.94 Å². The van der Waals surface area contributed by atoms with Gasteiger partial charge in [0.25, 0.3) is 11.8 Å². The molecule has 0 bridgehead atoms. The minimum absolute atomic E-state index is 0.0350. The molecule has 2 atom stereocenters. The lowest BCUT2D eigenvalue weighted by Gasteiger charge is -2.30. The molecule has 0 spiro atoms. The Kier molecular flexibility index (Phi) is 9.09. The lowest BCUT2D eigenvalue weighted by Crippen LogP contribution is -2.40. The van der Waals surface area contributed by atoms with Gasteiger partial charge in [-0.2, -0.15) is 0 Å². The summed E-state index contributed by atoms with van der Waals surface area (Å²) < 4.78 is 0. The summed E-state index contributed by atoms with van der Waals surface area (Å²) >= 11 is 1.22. The van der Waals surface area contributed by atoms with Gasteiger partial charge < -0.3 is 14.8 Å². The fourth-order valence-corrected chi connectivity index (χ4v) is 5.59. The number of carboxylic acid groups (broad SMARTS) is 1. The number of carboxylic acids is 1. The summed E-state index contributed by atoms with van der Waals surface area (Å²) in [5.74, 6) is -3.79. The van der Waals surface area contributed by atoms with Crippen molar-refractivity contribution >= 4 is 53.2 Å². The molecule has 1 unspecified atom stereocenters. The van der Waals surface area contributed by atoms with E-state index in [2.05, 4.69) is 0 Å². The van der Waals surface area contributed by atoms with Crippen molar-refractivity contribution in [3.05, 3.63) is 0 Å². The van der Waals surface area contributed by atoms with E-state index in [-0.39, 0.29) is 55.9 Å². The Morgan fingerprint density at radius 2 is 1.67 bits per heavy atom. The first kappa shape index (κ1) is 27.6. The maximum atomic E-state index is 12.8. The summed E-state index contributed by atoms with van der Waals surface area (Å²) in [4.78, 5) is 91.5. The van der Waals surface area contributed by atoms with E-state index in [9.17, 15) is 33.6 Å². The van der Waals surface area contributed by atoms with E-state index in [0.29, 0.717) is 36.5 Å². The van der Waals surface area contributed by atoms with Crippen LogP contribution in [0.4, 0.5) is 0 Å². The van der Waals surface area contributed by atoms with Crippen molar-refractivity contribution in [3.63, 3.8) is 0 Å². The molecule has 1 aliphatic carbocycles. The number of likely N-dealkylation sites (tertiary alicyclic amines) is 1. The maximum Gasteiger partial charge on any atom is 0.336 e. The second kappa shape index (κ2) is 11.8. The minimum atomic E-state index is -1.10. The average Bonchev–Trinajstić information content (AvgIpc) is 3.30. The highest BCUT2D eigenvalue weighted by Crippen LogP contribution is 2.33. The van der Waals surface area contributed by atoms with Crippen molar-refractivity contribution in [1.29, 1.82) is 0 Å². The molecule has 0 aromatic heterocycles. The van der Waals surface area contributed by atoms with Crippen LogP contribution in [0.5, 0.6) is 0 Å². The molecule has 2 saturated heterocycles. The smallest absolute Gasteiger partial charge is 0.336 e. The molecular weight excluding hydrogens is 494 g/mol. The second-order valence-electron chi connectivity index (χ2n) is 9.38. The topological polar surface area (TPSA) is 159 Å². The van der Waals surface area contributed by atoms with Crippen molar-refractivity contribution in [1.82, 2.24) is 14.9 Å². The van der Waals surface area contributed by atoms with Crippen molar-refractivity contribution < 1.29 is 43.5 Å². The van der Waals surface area contributed by atoms with Gasteiger partial charge in [0.15, 0.2) is 0 Å². The molecule has 2 heterocycles. The molecule has 36 heavy (non-hydrogen) atoms. The Labute approximate surface area is 212 Å². The molecule has 3 rings (SSSR count). The number of rotatable bonds is 10. The number of carbonyl (C=O) groups excluding carboxylic acids is 6. The van der Waals surface area contributed by atoms with E-state index < -0.39 is 41.0 Å². The van der Waals surface area contributed by atoms with Crippen LogP contribution in [0.3, 0.4) is 0 Å². The standard InChI is InChI=1S/C23H31N3O9S/c1-13(22(32)33)24(2)17(27)9-10-36-16-11-20(30)25(21(16)31)12-14-3-5-15(6-4-14)23(34)35-26-18(28)7-8-19(26)29/h13-16H,3-12H2,1-2H3,(H,32,33)/t13-,14?,15?,16?/m0/s1. The molecule has 198 valence electrons. The quantitative estimate of drug-likeness (QED) is 0.400. The van der Waals surface area contributed by atoms with Gasteiger partial charge in [-0.1, -0.05) is 0 Å². The Morgan fingerprint density at radius 3 is 2.25 bits per heavy atom. The van der Waals surface area contributed by atoms with Gasteiger partial charge in [0.2, 0.25) is 17.7 Å². The lowest BCUT2D eigenvalue weighted by atomic mass is 9.82.